The molecule has 1 amide bonds. The van der Waals surface area contributed by atoms with Crippen LogP contribution in [-0.4, -0.2) is 55.2 Å². The molecule has 166 valence electrons. The monoisotopic (exact) mass is 449 g/mol. The fraction of sp³-hybridized carbons (Fsp3) is 0.417. The largest absolute Gasteiger partial charge is 0.388 e. The maximum Gasteiger partial charge on any atom is 0.223 e. The summed E-state index contributed by atoms with van der Waals surface area (Å²) in [5, 5.41) is 25.0. The molecule has 2 aliphatic rings. The predicted octanol–water partition coefficient (Wildman–Crippen LogP) is 3.50. The van der Waals surface area contributed by atoms with E-state index in [1.54, 1.807) is 11.3 Å². The Morgan fingerprint density at radius 2 is 2.09 bits per heavy atom. The van der Waals surface area contributed by atoms with Gasteiger partial charge in [0.2, 0.25) is 11.7 Å². The minimum Gasteiger partial charge on any atom is -0.388 e. The Bertz CT molecular complexity index is 1080. The van der Waals surface area contributed by atoms with Crippen LogP contribution >= 0.6 is 11.3 Å². The van der Waals surface area contributed by atoms with Crippen LogP contribution in [0.3, 0.4) is 0 Å². The minimum atomic E-state index is -0.517. The second-order valence-electron chi connectivity index (χ2n) is 8.65. The number of hydrogen-bond acceptors (Lipinski definition) is 6. The number of aromatic amines is 1. The first-order chi connectivity index (χ1) is 15.7. The number of likely N-dealkylation sites (tertiary alicyclic amines) is 1. The molecule has 2 N–H and O–H groups in total. The summed E-state index contributed by atoms with van der Waals surface area (Å²) in [6, 6.07) is 14.4. The molecule has 1 aliphatic heterocycles. The van der Waals surface area contributed by atoms with Crippen molar-refractivity contribution in [2.45, 2.75) is 56.1 Å². The van der Waals surface area contributed by atoms with Gasteiger partial charge in [0.1, 0.15) is 0 Å². The first-order valence-corrected chi connectivity index (χ1v) is 12.0. The maximum absolute atomic E-state index is 12.5. The molecule has 32 heavy (non-hydrogen) atoms. The summed E-state index contributed by atoms with van der Waals surface area (Å²) in [6.45, 7) is 0.725. The number of thiophene rings is 1. The van der Waals surface area contributed by atoms with E-state index in [1.807, 2.05) is 35.2 Å². The second-order valence-corrected chi connectivity index (χ2v) is 9.82. The third kappa shape index (κ3) is 4.25. The molecule has 7 nitrogen and oxygen atoms in total. The van der Waals surface area contributed by atoms with Crippen molar-refractivity contribution in [2.75, 3.05) is 6.54 Å². The highest BCUT2D eigenvalue weighted by molar-refractivity contribution is 7.15. The van der Waals surface area contributed by atoms with Gasteiger partial charge in [0.15, 0.2) is 0 Å². The van der Waals surface area contributed by atoms with Crippen molar-refractivity contribution < 1.29 is 9.90 Å². The number of aliphatic hydroxyl groups excluding tert-OH is 1. The molecule has 1 aromatic carbocycles. The van der Waals surface area contributed by atoms with Crippen molar-refractivity contribution in [2.24, 2.45) is 0 Å². The Kier molecular flexibility index (Phi) is 5.89. The van der Waals surface area contributed by atoms with E-state index >= 15 is 0 Å². The molecule has 2 fully saturated rings. The number of nitrogens with zero attached hydrogens (tertiary/aromatic N) is 4. The van der Waals surface area contributed by atoms with Crippen LogP contribution in [0.1, 0.15) is 42.5 Å². The Morgan fingerprint density at radius 1 is 1.25 bits per heavy atom. The Labute approximate surface area is 191 Å². The molecular formula is C24H27N5O2S. The van der Waals surface area contributed by atoms with Crippen molar-refractivity contribution >= 4 is 17.2 Å². The van der Waals surface area contributed by atoms with Crippen LogP contribution in [0, 0.1) is 0 Å². The highest BCUT2D eigenvalue weighted by Gasteiger charge is 2.49. The molecule has 0 bridgehead atoms. The number of aryl methyl sites for hydroxylation is 1. The lowest BCUT2D eigenvalue weighted by molar-refractivity contribution is -0.128. The van der Waals surface area contributed by atoms with Crippen LogP contribution in [0.5, 0.6) is 0 Å². The Balaban J connectivity index is 1.17. The van der Waals surface area contributed by atoms with E-state index < -0.39 is 6.10 Å². The number of carbonyl (C=O) groups excluding carboxylic acids is 1. The summed E-state index contributed by atoms with van der Waals surface area (Å²) < 4.78 is 0. The zero-order chi connectivity index (χ0) is 22.0. The van der Waals surface area contributed by atoms with E-state index in [2.05, 4.69) is 44.9 Å². The zero-order valence-corrected chi connectivity index (χ0v) is 18.7. The Morgan fingerprint density at radius 3 is 2.84 bits per heavy atom. The average molecular weight is 450 g/mol. The fourth-order valence-corrected chi connectivity index (χ4v) is 5.63. The van der Waals surface area contributed by atoms with E-state index in [1.165, 1.54) is 10.4 Å². The van der Waals surface area contributed by atoms with E-state index in [-0.39, 0.29) is 17.4 Å². The number of rotatable bonds is 9. The molecule has 1 aliphatic carbocycles. The lowest BCUT2D eigenvalue weighted by atomic mass is 9.89. The van der Waals surface area contributed by atoms with E-state index in [0.717, 1.165) is 43.5 Å². The van der Waals surface area contributed by atoms with E-state index in [0.29, 0.717) is 12.2 Å². The zero-order valence-electron chi connectivity index (χ0n) is 17.9. The minimum absolute atomic E-state index is 0.0713. The van der Waals surface area contributed by atoms with Crippen LogP contribution in [0.25, 0.3) is 10.7 Å². The molecule has 1 unspecified atom stereocenters. The number of aromatic nitrogens is 4. The molecule has 8 heteroatoms. The number of H-pyrrole nitrogens is 1. The number of carbonyl (C=O) groups is 1. The standard InChI is InChI=1S/C24H27N5O2S/c30-21(24(14-15-24)17-5-2-1-3-6-17)12-8-18-9-13-22(31)29(18)16-4-7-19-10-11-20(32-19)23-25-27-28-26-23/h1-3,5-6,8,10-12,18,21,30H,4,7,9,13-16H2,(H,25,26,27,28)/b12-8+/t18-,21?/m0/s1. The normalized spacial score (nSPS) is 20.8. The van der Waals surface area contributed by atoms with Gasteiger partial charge in [-0.2, -0.15) is 5.21 Å². The molecule has 5 rings (SSSR count). The van der Waals surface area contributed by atoms with Crippen molar-refractivity contribution in [3.63, 3.8) is 0 Å². The first-order valence-electron chi connectivity index (χ1n) is 11.2. The molecule has 1 saturated carbocycles. The van der Waals surface area contributed by atoms with Crippen LogP contribution in [-0.2, 0) is 16.6 Å². The van der Waals surface area contributed by atoms with Crippen molar-refractivity contribution in [3.8, 4) is 10.7 Å². The second kappa shape index (κ2) is 8.96. The Hall–Kier alpha value is -2.84. The summed E-state index contributed by atoms with van der Waals surface area (Å²) in [5.74, 6) is 0.820. The van der Waals surface area contributed by atoms with Crippen molar-refractivity contribution in [3.05, 3.63) is 65.1 Å². The van der Waals surface area contributed by atoms with Crippen LogP contribution in [0.2, 0.25) is 0 Å². The number of tetrazole rings is 1. The van der Waals surface area contributed by atoms with Gasteiger partial charge in [-0.1, -0.05) is 42.5 Å². The molecule has 3 heterocycles. The number of aliphatic hydroxyl groups is 1. The molecule has 3 aromatic rings. The third-order valence-corrected chi connectivity index (χ3v) is 7.78. The summed E-state index contributed by atoms with van der Waals surface area (Å²) in [4.78, 5) is 16.7. The van der Waals surface area contributed by atoms with Gasteiger partial charge in [0.05, 0.1) is 17.0 Å². The fourth-order valence-electron chi connectivity index (χ4n) is 4.65. The lowest BCUT2D eigenvalue weighted by Crippen LogP contribution is -2.33. The molecule has 2 atom stereocenters. The van der Waals surface area contributed by atoms with Crippen LogP contribution in [0.4, 0.5) is 0 Å². The third-order valence-electron chi connectivity index (χ3n) is 6.64. The molecule has 1 saturated heterocycles. The van der Waals surface area contributed by atoms with Crippen LogP contribution < -0.4 is 0 Å². The quantitative estimate of drug-likeness (QED) is 0.488. The topological polar surface area (TPSA) is 95.0 Å². The van der Waals surface area contributed by atoms with Crippen LogP contribution in [0.15, 0.2) is 54.6 Å². The molecule has 0 spiro atoms. The summed E-state index contributed by atoms with van der Waals surface area (Å²) >= 11 is 1.66. The van der Waals surface area contributed by atoms with Gasteiger partial charge in [-0.25, -0.2) is 0 Å². The summed E-state index contributed by atoms with van der Waals surface area (Å²) in [5.41, 5.74) is 1.05. The van der Waals surface area contributed by atoms with Crippen molar-refractivity contribution in [1.29, 1.82) is 0 Å². The van der Waals surface area contributed by atoms with Gasteiger partial charge in [-0.05, 0) is 55.0 Å². The predicted molar refractivity (Wildman–Crippen MR) is 123 cm³/mol. The van der Waals surface area contributed by atoms with Gasteiger partial charge >= 0.3 is 0 Å². The SMILES string of the molecule is O=C1CC[C@H](/C=C/C(O)C2(c3ccccc3)CC2)N1CCCc1ccc(-c2nn[nH]n2)s1. The van der Waals surface area contributed by atoms with E-state index in [9.17, 15) is 9.90 Å². The summed E-state index contributed by atoms with van der Waals surface area (Å²) in [7, 11) is 0. The van der Waals surface area contributed by atoms with Crippen molar-refractivity contribution in [1.82, 2.24) is 25.5 Å². The van der Waals surface area contributed by atoms with E-state index in [4.69, 9.17) is 0 Å². The maximum atomic E-state index is 12.5. The highest BCUT2D eigenvalue weighted by atomic mass is 32.1. The summed E-state index contributed by atoms with van der Waals surface area (Å²) in [6.07, 6.45) is 8.67. The first kappa shape index (κ1) is 21.0. The number of nitrogens with one attached hydrogen (secondary N) is 1. The smallest absolute Gasteiger partial charge is 0.223 e. The number of amides is 1. The molecular weight excluding hydrogens is 422 g/mol. The highest BCUT2D eigenvalue weighted by Crippen LogP contribution is 2.51. The molecule has 0 radical (unpaired) electrons. The van der Waals surface area contributed by atoms with Gasteiger partial charge in [0.25, 0.3) is 0 Å². The molecule has 2 aromatic heterocycles. The van der Waals surface area contributed by atoms with Gasteiger partial charge in [-0.15, -0.1) is 21.5 Å². The van der Waals surface area contributed by atoms with Gasteiger partial charge in [-0.3, -0.25) is 4.79 Å². The van der Waals surface area contributed by atoms with Gasteiger partial charge in [0, 0.05) is 23.3 Å². The van der Waals surface area contributed by atoms with Gasteiger partial charge < -0.3 is 10.0 Å². The lowest BCUT2D eigenvalue weighted by Gasteiger charge is -2.24. The average Bonchev–Trinajstić information content (AvgIpc) is 3.14. The number of hydrogen-bond donors (Lipinski definition) is 2. The number of benzene rings is 1.